The number of nitrogens with zero attached hydrogens (tertiary/aromatic N) is 2. The van der Waals surface area contributed by atoms with Crippen molar-refractivity contribution in [2.75, 3.05) is 17.7 Å². The molecule has 6 heteroatoms. The quantitative estimate of drug-likeness (QED) is 0.317. The van der Waals surface area contributed by atoms with Gasteiger partial charge in [0.25, 0.3) is 0 Å². The van der Waals surface area contributed by atoms with Crippen LogP contribution in [0.25, 0.3) is 16.7 Å². The number of allylic oxidation sites excluding steroid dienone is 3. The molecule has 0 saturated carbocycles. The lowest BCUT2D eigenvalue weighted by Gasteiger charge is -2.19. The smallest absolute Gasteiger partial charge is 0.193 e. The molecule has 2 heterocycles. The second-order valence-electron chi connectivity index (χ2n) is 7.63. The van der Waals surface area contributed by atoms with E-state index in [1.165, 1.54) is 0 Å². The minimum absolute atomic E-state index is 0.118. The summed E-state index contributed by atoms with van der Waals surface area (Å²) in [4.78, 5) is 18.0. The van der Waals surface area contributed by atoms with E-state index in [4.69, 9.17) is 9.72 Å². The molecule has 0 atom stereocenters. The maximum atomic E-state index is 13.2. The van der Waals surface area contributed by atoms with Crippen LogP contribution < -0.4 is 20.8 Å². The number of aromatic nitrogens is 2. The summed E-state index contributed by atoms with van der Waals surface area (Å²) in [5, 5.41) is 7.18. The number of methoxy groups -OCH3 is 1. The van der Waals surface area contributed by atoms with Gasteiger partial charge in [0.15, 0.2) is 11.1 Å². The normalized spacial score (nSPS) is 11.2. The third-order valence-corrected chi connectivity index (χ3v) is 5.33. The van der Waals surface area contributed by atoms with E-state index < -0.39 is 0 Å². The van der Waals surface area contributed by atoms with E-state index in [1.807, 2.05) is 72.2 Å². The van der Waals surface area contributed by atoms with Crippen molar-refractivity contribution in [3.8, 4) is 11.4 Å². The summed E-state index contributed by atoms with van der Waals surface area (Å²) in [6, 6.07) is 20.8. The first-order chi connectivity index (χ1) is 16.5. The highest BCUT2D eigenvalue weighted by atomic mass is 16.5. The molecule has 2 aromatic heterocycles. The first-order valence-corrected chi connectivity index (χ1v) is 10.8. The van der Waals surface area contributed by atoms with E-state index >= 15 is 0 Å². The Kier molecular flexibility index (Phi) is 6.59. The number of hydrogen-bond acceptors (Lipinski definition) is 5. The van der Waals surface area contributed by atoms with Crippen LogP contribution in [0.3, 0.4) is 0 Å². The topological polar surface area (TPSA) is 68.2 Å². The maximum Gasteiger partial charge on any atom is 0.193 e. The molecule has 0 radical (unpaired) electrons. The molecule has 0 saturated heterocycles. The standard InChI is InChI=1S/C28H26N4O2/c1-5-10-20(6-2)30-26-18-24(33)27-19(3)17-25(29-21-13-15-23(34-4)16-14-21)31-28(27)32(26)22-11-8-7-9-12-22/h5-18,30H,1-2H2,3-4H3,(H,29,31)/b20-10+. The Morgan fingerprint density at radius 2 is 1.79 bits per heavy atom. The van der Waals surface area contributed by atoms with Crippen LogP contribution in [0.4, 0.5) is 17.3 Å². The first kappa shape index (κ1) is 22.6. The molecule has 0 aliphatic rings. The van der Waals surface area contributed by atoms with Gasteiger partial charge in [0.1, 0.15) is 17.4 Å². The average Bonchev–Trinajstić information content (AvgIpc) is 2.84. The third kappa shape index (κ3) is 4.61. The largest absolute Gasteiger partial charge is 0.497 e. The molecule has 2 N–H and O–H groups in total. The van der Waals surface area contributed by atoms with Crippen molar-refractivity contribution in [1.82, 2.24) is 9.55 Å². The predicted molar refractivity (Wildman–Crippen MR) is 140 cm³/mol. The Balaban J connectivity index is 1.94. The van der Waals surface area contributed by atoms with Crippen LogP contribution in [-0.4, -0.2) is 16.7 Å². The van der Waals surface area contributed by atoms with Gasteiger partial charge in [0.05, 0.1) is 12.5 Å². The zero-order chi connectivity index (χ0) is 24.1. The van der Waals surface area contributed by atoms with E-state index in [1.54, 1.807) is 31.4 Å². The molecular formula is C28H26N4O2. The molecule has 0 aliphatic carbocycles. The SMILES string of the molecule is C=C/C=C(\C=C)Nc1cc(=O)c2c(C)cc(Nc3ccc(OC)cc3)nc2n1-c1ccccc1. The molecule has 4 rings (SSSR count). The van der Waals surface area contributed by atoms with Crippen molar-refractivity contribution in [2.24, 2.45) is 0 Å². The number of pyridine rings is 2. The highest BCUT2D eigenvalue weighted by molar-refractivity contribution is 5.85. The number of nitrogens with one attached hydrogen (secondary N) is 2. The Bertz CT molecular complexity index is 1440. The van der Waals surface area contributed by atoms with Gasteiger partial charge >= 0.3 is 0 Å². The summed E-state index contributed by atoms with van der Waals surface area (Å²) in [5.74, 6) is 1.97. The van der Waals surface area contributed by atoms with E-state index in [0.717, 1.165) is 22.7 Å². The van der Waals surface area contributed by atoms with Crippen LogP contribution in [0.5, 0.6) is 5.75 Å². The van der Waals surface area contributed by atoms with Gasteiger partial charge in [-0.1, -0.05) is 37.4 Å². The molecular weight excluding hydrogens is 424 g/mol. The second kappa shape index (κ2) is 9.92. The highest BCUT2D eigenvalue weighted by Gasteiger charge is 2.16. The lowest BCUT2D eigenvalue weighted by molar-refractivity contribution is 0.415. The van der Waals surface area contributed by atoms with Gasteiger partial charge in [-0.15, -0.1) is 0 Å². The number of aryl methyl sites for hydroxylation is 1. The van der Waals surface area contributed by atoms with Gasteiger partial charge in [-0.05, 0) is 67.1 Å². The summed E-state index contributed by atoms with van der Waals surface area (Å²) >= 11 is 0. The zero-order valence-electron chi connectivity index (χ0n) is 19.2. The van der Waals surface area contributed by atoms with Crippen LogP contribution in [0.1, 0.15) is 5.56 Å². The zero-order valence-corrected chi connectivity index (χ0v) is 19.2. The number of anilines is 3. The van der Waals surface area contributed by atoms with Crippen molar-refractivity contribution in [3.63, 3.8) is 0 Å². The molecule has 0 amide bonds. The van der Waals surface area contributed by atoms with Gasteiger partial charge in [-0.3, -0.25) is 9.36 Å². The second-order valence-corrected chi connectivity index (χ2v) is 7.63. The fraction of sp³-hybridized carbons (Fsp3) is 0.0714. The van der Waals surface area contributed by atoms with Crippen LogP contribution in [0.15, 0.2) is 109 Å². The van der Waals surface area contributed by atoms with Gasteiger partial charge in [-0.25, -0.2) is 4.98 Å². The van der Waals surface area contributed by atoms with Crippen LogP contribution in [0.2, 0.25) is 0 Å². The Morgan fingerprint density at radius 3 is 2.44 bits per heavy atom. The Morgan fingerprint density at radius 1 is 1.06 bits per heavy atom. The summed E-state index contributed by atoms with van der Waals surface area (Å²) < 4.78 is 7.17. The summed E-state index contributed by atoms with van der Waals surface area (Å²) in [5.41, 5.74) is 3.69. The van der Waals surface area contributed by atoms with E-state index in [2.05, 4.69) is 23.8 Å². The Labute approximate surface area is 198 Å². The number of para-hydroxylation sites is 1. The maximum absolute atomic E-state index is 13.2. The number of hydrogen-bond donors (Lipinski definition) is 2. The summed E-state index contributed by atoms with van der Waals surface area (Å²) in [6.45, 7) is 9.52. The minimum Gasteiger partial charge on any atom is -0.497 e. The fourth-order valence-electron chi connectivity index (χ4n) is 3.75. The van der Waals surface area contributed by atoms with Crippen molar-refractivity contribution in [3.05, 3.63) is 120 Å². The molecule has 0 aliphatic heterocycles. The van der Waals surface area contributed by atoms with Gasteiger partial charge in [0, 0.05) is 23.1 Å². The lowest BCUT2D eigenvalue weighted by atomic mass is 10.1. The number of benzene rings is 2. The van der Waals surface area contributed by atoms with Crippen molar-refractivity contribution >= 4 is 28.4 Å². The van der Waals surface area contributed by atoms with Crippen LogP contribution in [-0.2, 0) is 0 Å². The molecule has 4 aromatic rings. The molecule has 170 valence electrons. The molecule has 2 aromatic carbocycles. The minimum atomic E-state index is -0.118. The lowest BCUT2D eigenvalue weighted by Crippen LogP contribution is -2.16. The fourth-order valence-corrected chi connectivity index (χ4v) is 3.75. The molecule has 6 nitrogen and oxygen atoms in total. The predicted octanol–water partition coefficient (Wildman–Crippen LogP) is 6.11. The van der Waals surface area contributed by atoms with Gasteiger partial charge < -0.3 is 15.4 Å². The van der Waals surface area contributed by atoms with Crippen LogP contribution >= 0.6 is 0 Å². The molecule has 0 bridgehead atoms. The van der Waals surface area contributed by atoms with Crippen molar-refractivity contribution < 1.29 is 4.74 Å². The average molecular weight is 451 g/mol. The molecule has 0 unspecified atom stereocenters. The molecule has 34 heavy (non-hydrogen) atoms. The number of fused-ring (bicyclic) bond motifs is 1. The Hall–Kier alpha value is -4.58. The van der Waals surface area contributed by atoms with Crippen molar-refractivity contribution in [1.29, 1.82) is 0 Å². The summed E-state index contributed by atoms with van der Waals surface area (Å²) in [7, 11) is 1.63. The highest BCUT2D eigenvalue weighted by Crippen LogP contribution is 2.27. The van der Waals surface area contributed by atoms with Crippen molar-refractivity contribution in [2.45, 2.75) is 6.92 Å². The monoisotopic (exact) mass is 450 g/mol. The van der Waals surface area contributed by atoms with Crippen LogP contribution in [0, 0.1) is 6.92 Å². The van der Waals surface area contributed by atoms with E-state index in [0.29, 0.717) is 28.4 Å². The van der Waals surface area contributed by atoms with E-state index in [-0.39, 0.29) is 5.43 Å². The van der Waals surface area contributed by atoms with Gasteiger partial charge in [0.2, 0.25) is 0 Å². The van der Waals surface area contributed by atoms with E-state index in [9.17, 15) is 4.79 Å². The number of rotatable bonds is 8. The third-order valence-electron chi connectivity index (χ3n) is 5.33. The number of ether oxygens (including phenoxy) is 1. The summed E-state index contributed by atoms with van der Waals surface area (Å²) in [6.07, 6.45) is 5.12. The van der Waals surface area contributed by atoms with Gasteiger partial charge in [-0.2, -0.15) is 0 Å². The molecule has 0 fully saturated rings. The molecule has 0 spiro atoms. The first-order valence-electron chi connectivity index (χ1n) is 10.8.